The number of non-ortho nitro benzene ring substituents is 1. The molecule has 0 spiro atoms. The van der Waals surface area contributed by atoms with Gasteiger partial charge in [-0.3, -0.25) is 14.9 Å². The Morgan fingerprint density at radius 1 is 0.977 bits per heavy atom. The summed E-state index contributed by atoms with van der Waals surface area (Å²) in [5.41, 5.74) is 4.33. The number of halogens is 2. The minimum absolute atomic E-state index is 0.0485. The van der Waals surface area contributed by atoms with Crippen LogP contribution in [0, 0.1) is 29.8 Å². The van der Waals surface area contributed by atoms with Gasteiger partial charge in [-0.25, -0.2) is 19.0 Å². The molecule has 0 N–H and O–H groups in total. The molecule has 10 nitrogen and oxygen atoms in total. The lowest BCUT2D eigenvalue weighted by molar-refractivity contribution is -0.384. The summed E-state index contributed by atoms with van der Waals surface area (Å²) < 4.78 is 15.5. The first-order chi connectivity index (χ1) is 21.2. The quantitative estimate of drug-likeness (QED) is 0.169. The van der Waals surface area contributed by atoms with Gasteiger partial charge in [0.2, 0.25) is 0 Å². The fourth-order valence-electron chi connectivity index (χ4n) is 5.46. The van der Waals surface area contributed by atoms with Crippen molar-refractivity contribution in [1.82, 2.24) is 24.6 Å². The van der Waals surface area contributed by atoms with Crippen LogP contribution in [0.1, 0.15) is 39.4 Å². The molecule has 6 rings (SSSR count). The zero-order chi connectivity index (χ0) is 31.0. The summed E-state index contributed by atoms with van der Waals surface area (Å²) in [6, 6.07) is 18.3. The standard InChI is InChI=1S/C32H29ClFN7O3/c1-20-4-6-22(7-5-20)18-28-35-30(29-21(2)37-40(31(29)36-28)24-10-8-23(34)9-11-24)38-14-3-15-39(17-16-38)32(42)26-13-12-25(41(43)44)19-27(26)33/h4-13,19H,3,14-18H2,1-2H3. The SMILES string of the molecule is Cc1ccc(Cc2nc(N3CCCN(C(=O)c4ccc([N+](=O)[O-])cc4Cl)CC3)c3c(C)nn(-c4ccc(F)cc4)c3n2)cc1. The minimum atomic E-state index is -0.542. The van der Waals surface area contributed by atoms with E-state index in [-0.39, 0.29) is 28.0 Å². The summed E-state index contributed by atoms with van der Waals surface area (Å²) >= 11 is 6.28. The summed E-state index contributed by atoms with van der Waals surface area (Å²) in [6.07, 6.45) is 1.17. The summed E-state index contributed by atoms with van der Waals surface area (Å²) in [5.74, 6) is 0.732. The number of aromatic nitrogens is 4. The molecule has 224 valence electrons. The third-order valence-electron chi connectivity index (χ3n) is 7.76. The van der Waals surface area contributed by atoms with Gasteiger partial charge in [0.05, 0.1) is 32.3 Å². The summed E-state index contributed by atoms with van der Waals surface area (Å²) in [7, 11) is 0. The highest BCUT2D eigenvalue weighted by Crippen LogP contribution is 2.31. The monoisotopic (exact) mass is 613 g/mol. The molecule has 44 heavy (non-hydrogen) atoms. The minimum Gasteiger partial charge on any atom is -0.354 e. The van der Waals surface area contributed by atoms with Gasteiger partial charge >= 0.3 is 0 Å². The number of carbonyl (C=O) groups excluding carboxylic acids is 1. The predicted molar refractivity (Wildman–Crippen MR) is 166 cm³/mol. The van der Waals surface area contributed by atoms with Gasteiger partial charge in [-0.05, 0) is 56.2 Å². The van der Waals surface area contributed by atoms with E-state index in [1.54, 1.807) is 21.7 Å². The molecule has 0 radical (unpaired) electrons. The molecule has 0 unspecified atom stereocenters. The highest BCUT2D eigenvalue weighted by Gasteiger charge is 2.27. The molecule has 1 aliphatic heterocycles. The van der Waals surface area contributed by atoms with Gasteiger partial charge in [0, 0.05) is 44.7 Å². The van der Waals surface area contributed by atoms with E-state index < -0.39 is 4.92 Å². The van der Waals surface area contributed by atoms with Crippen LogP contribution in [0.4, 0.5) is 15.9 Å². The molecule has 1 saturated heterocycles. The summed E-state index contributed by atoms with van der Waals surface area (Å²) in [6.45, 7) is 5.95. The van der Waals surface area contributed by atoms with Crippen LogP contribution in [0.15, 0.2) is 66.7 Å². The Morgan fingerprint density at radius 3 is 2.43 bits per heavy atom. The van der Waals surface area contributed by atoms with Crippen molar-refractivity contribution in [2.75, 3.05) is 31.1 Å². The van der Waals surface area contributed by atoms with Crippen LogP contribution in [-0.4, -0.2) is 61.7 Å². The molecule has 1 amide bonds. The lowest BCUT2D eigenvalue weighted by atomic mass is 10.1. The van der Waals surface area contributed by atoms with E-state index in [4.69, 9.17) is 26.7 Å². The van der Waals surface area contributed by atoms with Crippen LogP contribution in [0.3, 0.4) is 0 Å². The zero-order valence-electron chi connectivity index (χ0n) is 24.2. The fourth-order valence-corrected chi connectivity index (χ4v) is 5.71. The van der Waals surface area contributed by atoms with Crippen LogP contribution in [0.25, 0.3) is 16.7 Å². The second-order valence-electron chi connectivity index (χ2n) is 10.9. The average Bonchev–Trinajstić information content (AvgIpc) is 3.17. The Labute approximate surface area is 257 Å². The van der Waals surface area contributed by atoms with Gasteiger partial charge in [-0.15, -0.1) is 0 Å². The fraction of sp³-hybridized carbons (Fsp3) is 0.250. The first-order valence-electron chi connectivity index (χ1n) is 14.2. The van der Waals surface area contributed by atoms with Crippen molar-refractivity contribution in [2.24, 2.45) is 0 Å². The maximum Gasteiger partial charge on any atom is 0.270 e. The normalized spacial score (nSPS) is 13.7. The lowest BCUT2D eigenvalue weighted by Crippen LogP contribution is -2.35. The smallest absolute Gasteiger partial charge is 0.270 e. The number of rotatable bonds is 6. The van der Waals surface area contributed by atoms with E-state index >= 15 is 0 Å². The van der Waals surface area contributed by atoms with E-state index in [0.717, 1.165) is 28.0 Å². The van der Waals surface area contributed by atoms with E-state index in [1.165, 1.54) is 30.3 Å². The number of nitro benzene ring substituents is 1. The van der Waals surface area contributed by atoms with Gasteiger partial charge < -0.3 is 9.80 Å². The van der Waals surface area contributed by atoms with Gasteiger partial charge in [0.15, 0.2) is 5.65 Å². The number of anilines is 1. The number of hydrogen-bond acceptors (Lipinski definition) is 7. The summed E-state index contributed by atoms with van der Waals surface area (Å²) in [4.78, 5) is 37.9. The van der Waals surface area contributed by atoms with Crippen molar-refractivity contribution >= 4 is 40.0 Å². The van der Waals surface area contributed by atoms with E-state index in [9.17, 15) is 19.3 Å². The first kappa shape index (κ1) is 29.2. The molecular weight excluding hydrogens is 585 g/mol. The van der Waals surface area contributed by atoms with E-state index in [0.29, 0.717) is 56.2 Å². The molecule has 0 saturated carbocycles. The van der Waals surface area contributed by atoms with Gasteiger partial charge in [-0.2, -0.15) is 5.10 Å². The van der Waals surface area contributed by atoms with Crippen molar-refractivity contribution in [1.29, 1.82) is 0 Å². The molecule has 1 fully saturated rings. The van der Waals surface area contributed by atoms with Crippen LogP contribution < -0.4 is 4.90 Å². The van der Waals surface area contributed by atoms with Crippen LogP contribution in [-0.2, 0) is 6.42 Å². The number of hydrogen-bond donors (Lipinski definition) is 0. The van der Waals surface area contributed by atoms with Gasteiger partial charge in [-0.1, -0.05) is 41.4 Å². The number of amides is 1. The van der Waals surface area contributed by atoms with E-state index in [2.05, 4.69) is 29.2 Å². The van der Waals surface area contributed by atoms with Crippen molar-refractivity contribution in [3.8, 4) is 5.69 Å². The Kier molecular flexibility index (Phi) is 7.96. The van der Waals surface area contributed by atoms with Gasteiger partial charge in [0.25, 0.3) is 11.6 Å². The molecule has 2 aromatic heterocycles. The molecule has 0 aliphatic carbocycles. The second-order valence-corrected chi connectivity index (χ2v) is 11.3. The lowest BCUT2D eigenvalue weighted by Gasteiger charge is -2.24. The molecule has 3 heterocycles. The number of carbonyl (C=O) groups is 1. The van der Waals surface area contributed by atoms with Crippen LogP contribution in [0.5, 0.6) is 0 Å². The highest BCUT2D eigenvalue weighted by molar-refractivity contribution is 6.34. The molecule has 12 heteroatoms. The van der Waals surface area contributed by atoms with E-state index in [1.807, 2.05) is 13.8 Å². The Hall–Kier alpha value is -4.90. The third kappa shape index (κ3) is 5.83. The van der Waals surface area contributed by atoms with Gasteiger partial charge in [0.1, 0.15) is 17.5 Å². The maximum atomic E-state index is 13.7. The number of aryl methyl sites for hydroxylation is 2. The highest BCUT2D eigenvalue weighted by atomic mass is 35.5. The molecular formula is C32H29ClFN7O3. The Morgan fingerprint density at radius 2 is 1.73 bits per heavy atom. The molecule has 0 atom stereocenters. The van der Waals surface area contributed by atoms with Crippen molar-refractivity contribution < 1.29 is 14.1 Å². The molecule has 0 bridgehead atoms. The molecule has 3 aromatic carbocycles. The average molecular weight is 614 g/mol. The maximum absolute atomic E-state index is 13.7. The predicted octanol–water partition coefficient (Wildman–Crippen LogP) is 6.08. The second kappa shape index (κ2) is 12.0. The first-order valence-corrected chi connectivity index (χ1v) is 14.6. The molecule has 1 aliphatic rings. The van der Waals surface area contributed by atoms with Crippen molar-refractivity contribution in [3.05, 3.63) is 116 Å². The number of benzene rings is 3. The molecule has 5 aromatic rings. The Balaban J connectivity index is 1.35. The van der Waals surface area contributed by atoms with Crippen LogP contribution >= 0.6 is 11.6 Å². The zero-order valence-corrected chi connectivity index (χ0v) is 25.0. The number of fused-ring (bicyclic) bond motifs is 1. The topological polar surface area (TPSA) is 110 Å². The van der Waals surface area contributed by atoms with Crippen LogP contribution in [0.2, 0.25) is 5.02 Å². The largest absolute Gasteiger partial charge is 0.354 e. The Bertz CT molecular complexity index is 1880. The van der Waals surface area contributed by atoms with Crippen molar-refractivity contribution in [3.63, 3.8) is 0 Å². The number of nitro groups is 1. The van der Waals surface area contributed by atoms with Crippen molar-refractivity contribution in [2.45, 2.75) is 26.7 Å². The third-order valence-corrected chi connectivity index (χ3v) is 8.07. The number of nitrogens with zero attached hydrogens (tertiary/aromatic N) is 7. The summed E-state index contributed by atoms with van der Waals surface area (Å²) in [5, 5.41) is 16.7.